The average Bonchev–Trinajstić information content (AvgIpc) is 4.13. The molecule has 3 nitrogen and oxygen atoms in total. The smallest absolute Gasteiger partial charge is 0.147 e. The zero-order valence-corrected chi connectivity index (χ0v) is 34.6. The van der Waals surface area contributed by atoms with Gasteiger partial charge in [0.25, 0.3) is 0 Å². The van der Waals surface area contributed by atoms with E-state index in [2.05, 4.69) is 206 Å². The summed E-state index contributed by atoms with van der Waals surface area (Å²) in [5, 5.41) is 6.47. The van der Waals surface area contributed by atoms with E-state index in [4.69, 9.17) is 13.3 Å². The van der Waals surface area contributed by atoms with Gasteiger partial charge in [-0.1, -0.05) is 140 Å². The second kappa shape index (κ2) is 13.5. The molecule has 0 amide bonds. The maximum Gasteiger partial charge on any atom is 0.147 e. The van der Waals surface area contributed by atoms with Crippen LogP contribution in [0.5, 0.6) is 0 Å². The normalized spacial score (nSPS) is 12.3. The molecule has 64 heavy (non-hydrogen) atoms. The highest BCUT2D eigenvalue weighted by Gasteiger charge is 2.24. The van der Waals surface area contributed by atoms with Gasteiger partial charge in [0.05, 0.1) is 5.56 Å². The van der Waals surface area contributed by atoms with E-state index < -0.39 is 0 Å². The molecule has 0 saturated heterocycles. The van der Waals surface area contributed by atoms with E-state index in [1.54, 1.807) is 0 Å². The summed E-state index contributed by atoms with van der Waals surface area (Å²) in [5.74, 6) is 0. The van der Waals surface area contributed by atoms with Crippen LogP contribution < -0.4 is 0 Å². The predicted octanol–water partition coefficient (Wildman–Crippen LogP) is 17.3. The summed E-state index contributed by atoms with van der Waals surface area (Å²) in [6.45, 7) is 0. The molecule has 10 aromatic carbocycles. The summed E-state index contributed by atoms with van der Waals surface area (Å²) in [6, 6.07) is 74.0. The Bertz CT molecular complexity index is 4020. The summed E-state index contributed by atoms with van der Waals surface area (Å²) in [7, 11) is 0. The summed E-state index contributed by atoms with van der Waals surface area (Å²) < 4.78 is 20.0. The van der Waals surface area contributed by atoms with E-state index in [1.165, 1.54) is 50.1 Å². The van der Waals surface area contributed by atoms with Gasteiger partial charge < -0.3 is 13.3 Å². The summed E-state index contributed by atoms with van der Waals surface area (Å²) in [4.78, 5) is 0. The largest absolute Gasteiger partial charge is 0.456 e. The first-order valence-corrected chi connectivity index (χ1v) is 21.9. The Morgan fingerprint density at radius 2 is 0.594 bits per heavy atom. The van der Waals surface area contributed by atoms with Crippen molar-refractivity contribution in [2.45, 2.75) is 6.42 Å². The SMILES string of the molecule is c1ccc(-c2ccc3c(c2)-c2cc(-c4ccc5oc6c(-c7ccccc7)c7oc8ccc(-c9ccc%10oc%11ccc(-c%12ccccc%12)cc%11c%10c9)cc8c7cc6c5c4)ccc2C3)cc1. The fourth-order valence-electron chi connectivity index (χ4n) is 10.3. The van der Waals surface area contributed by atoms with Crippen LogP contribution >= 0.6 is 0 Å². The predicted molar refractivity (Wildman–Crippen MR) is 264 cm³/mol. The minimum absolute atomic E-state index is 0.821. The molecule has 0 atom stereocenters. The van der Waals surface area contributed by atoms with Crippen molar-refractivity contribution in [3.63, 3.8) is 0 Å². The minimum atomic E-state index is 0.821. The molecule has 0 spiro atoms. The molecule has 0 aliphatic heterocycles. The molecule has 298 valence electrons. The van der Waals surface area contributed by atoms with Crippen LogP contribution in [0.2, 0.25) is 0 Å². The Kier molecular flexibility index (Phi) is 7.46. The number of rotatable bonds is 5. The van der Waals surface area contributed by atoms with Gasteiger partial charge in [-0.25, -0.2) is 0 Å². The van der Waals surface area contributed by atoms with Crippen molar-refractivity contribution in [1.29, 1.82) is 0 Å². The number of furan rings is 3. The van der Waals surface area contributed by atoms with Crippen molar-refractivity contribution in [2.75, 3.05) is 0 Å². The van der Waals surface area contributed by atoms with Crippen LogP contribution in [-0.4, -0.2) is 0 Å². The Balaban J connectivity index is 0.920. The van der Waals surface area contributed by atoms with Crippen molar-refractivity contribution < 1.29 is 13.3 Å². The number of fused-ring (bicyclic) bond motifs is 12. The van der Waals surface area contributed by atoms with E-state index >= 15 is 0 Å². The first-order chi connectivity index (χ1) is 31.7. The van der Waals surface area contributed by atoms with E-state index in [-0.39, 0.29) is 0 Å². The van der Waals surface area contributed by atoms with Crippen LogP contribution in [-0.2, 0) is 6.42 Å². The van der Waals surface area contributed by atoms with Crippen molar-refractivity contribution >= 4 is 65.8 Å². The Morgan fingerprint density at radius 1 is 0.250 bits per heavy atom. The van der Waals surface area contributed by atoms with Gasteiger partial charge >= 0.3 is 0 Å². The van der Waals surface area contributed by atoms with Crippen LogP contribution in [0.3, 0.4) is 0 Å². The topological polar surface area (TPSA) is 39.4 Å². The van der Waals surface area contributed by atoms with Crippen molar-refractivity contribution in [2.24, 2.45) is 0 Å². The standard InChI is InChI=1S/C61H36O3/c1-4-10-36(11-5-1)39-16-18-45-28-46-19-17-41(30-48(46)47(45)29-39)43-22-26-57-51(33-43)53-35-54-52-34-44(23-27-58(52)64-61(54)59(60(53)63-57)38-14-8-3-9-15-38)42-21-25-56-50(32-42)49-31-40(20-24-55(49)62-56)37-12-6-2-7-13-37/h1-27,29-35H,28H2. The molecule has 3 aromatic heterocycles. The van der Waals surface area contributed by atoms with Gasteiger partial charge in [-0.3, -0.25) is 0 Å². The van der Waals surface area contributed by atoms with E-state index in [9.17, 15) is 0 Å². The molecule has 3 heteroatoms. The second-order valence-corrected chi connectivity index (χ2v) is 17.2. The second-order valence-electron chi connectivity index (χ2n) is 17.2. The number of hydrogen-bond acceptors (Lipinski definition) is 3. The summed E-state index contributed by atoms with van der Waals surface area (Å²) in [6.07, 6.45) is 0.953. The quantitative estimate of drug-likeness (QED) is 0.174. The molecule has 13 aromatic rings. The number of benzene rings is 10. The highest BCUT2D eigenvalue weighted by Crippen LogP contribution is 2.47. The van der Waals surface area contributed by atoms with Gasteiger partial charge in [-0.15, -0.1) is 0 Å². The van der Waals surface area contributed by atoms with Gasteiger partial charge in [0, 0.05) is 32.3 Å². The van der Waals surface area contributed by atoms with E-state index in [0.29, 0.717) is 0 Å². The van der Waals surface area contributed by atoms with Gasteiger partial charge in [-0.2, -0.15) is 0 Å². The maximum atomic E-state index is 6.84. The lowest BCUT2D eigenvalue weighted by molar-refractivity contribution is 0.658. The third-order valence-electron chi connectivity index (χ3n) is 13.5. The molecule has 0 radical (unpaired) electrons. The molecule has 0 fully saturated rings. The van der Waals surface area contributed by atoms with Crippen LogP contribution in [0.1, 0.15) is 11.1 Å². The van der Waals surface area contributed by atoms with Crippen LogP contribution in [0.15, 0.2) is 220 Å². The molecule has 0 bridgehead atoms. The molecule has 0 unspecified atom stereocenters. The van der Waals surface area contributed by atoms with Crippen molar-refractivity contribution in [1.82, 2.24) is 0 Å². The minimum Gasteiger partial charge on any atom is -0.456 e. The highest BCUT2D eigenvalue weighted by atomic mass is 16.3. The molecule has 0 N–H and O–H groups in total. The van der Waals surface area contributed by atoms with Crippen LogP contribution in [0, 0.1) is 0 Å². The average molecular weight is 817 g/mol. The van der Waals surface area contributed by atoms with Gasteiger partial charge in [-0.05, 0) is 145 Å². The van der Waals surface area contributed by atoms with Crippen molar-refractivity contribution in [3.05, 3.63) is 217 Å². The molecular weight excluding hydrogens is 781 g/mol. The third-order valence-corrected chi connectivity index (χ3v) is 13.5. The van der Waals surface area contributed by atoms with Crippen LogP contribution in [0.25, 0.3) is 133 Å². The zero-order valence-electron chi connectivity index (χ0n) is 34.6. The van der Waals surface area contributed by atoms with E-state index in [0.717, 1.165) is 100 Å². The molecular formula is C61H36O3. The van der Waals surface area contributed by atoms with Crippen molar-refractivity contribution in [3.8, 4) is 66.8 Å². The van der Waals surface area contributed by atoms with Gasteiger partial charge in [0.2, 0.25) is 0 Å². The molecule has 14 rings (SSSR count). The molecule has 3 heterocycles. The Morgan fingerprint density at radius 3 is 1.05 bits per heavy atom. The molecule has 0 saturated carbocycles. The maximum absolute atomic E-state index is 6.84. The number of hydrogen-bond donors (Lipinski definition) is 0. The van der Waals surface area contributed by atoms with E-state index in [1.807, 2.05) is 0 Å². The Labute approximate surface area is 368 Å². The highest BCUT2D eigenvalue weighted by molar-refractivity contribution is 6.22. The molecule has 1 aliphatic carbocycles. The lowest BCUT2D eigenvalue weighted by Crippen LogP contribution is -1.84. The summed E-state index contributed by atoms with van der Waals surface area (Å²) in [5.41, 5.74) is 21.9. The van der Waals surface area contributed by atoms with Gasteiger partial charge in [0.15, 0.2) is 0 Å². The fraction of sp³-hybridized carbons (Fsp3) is 0.0164. The zero-order chi connectivity index (χ0) is 41.9. The lowest BCUT2D eigenvalue weighted by atomic mass is 9.95. The van der Waals surface area contributed by atoms with Crippen LogP contribution in [0.4, 0.5) is 0 Å². The lowest BCUT2D eigenvalue weighted by Gasteiger charge is -2.08. The monoisotopic (exact) mass is 816 g/mol. The Hall–Kier alpha value is -8.40. The molecule has 1 aliphatic rings. The fourth-order valence-corrected chi connectivity index (χ4v) is 10.3. The summed E-state index contributed by atoms with van der Waals surface area (Å²) >= 11 is 0. The first kappa shape index (κ1) is 35.2. The first-order valence-electron chi connectivity index (χ1n) is 21.9. The third kappa shape index (κ3) is 5.41. The van der Waals surface area contributed by atoms with Gasteiger partial charge in [0.1, 0.15) is 33.5 Å².